The van der Waals surface area contributed by atoms with Crippen LogP contribution >= 0.6 is 11.6 Å². The summed E-state index contributed by atoms with van der Waals surface area (Å²) in [4.78, 5) is 8.20. The van der Waals surface area contributed by atoms with E-state index in [1.165, 1.54) is 0 Å². The minimum absolute atomic E-state index is 0.241. The number of rotatable bonds is 2. The molecule has 0 aliphatic heterocycles. The number of aromatic nitrogens is 2. The van der Waals surface area contributed by atoms with Gasteiger partial charge in [0.05, 0.1) is 18.2 Å². The van der Waals surface area contributed by atoms with Gasteiger partial charge in [-0.05, 0) is 18.2 Å². The van der Waals surface area contributed by atoms with Crippen molar-refractivity contribution in [1.82, 2.24) is 9.97 Å². The van der Waals surface area contributed by atoms with Crippen LogP contribution in [0.3, 0.4) is 0 Å². The van der Waals surface area contributed by atoms with E-state index in [0.717, 1.165) is 11.1 Å². The van der Waals surface area contributed by atoms with Crippen LogP contribution in [-0.4, -0.2) is 9.97 Å². The monoisotopic (exact) mass is 229 g/mol. The Morgan fingerprint density at radius 1 is 1.31 bits per heavy atom. The van der Waals surface area contributed by atoms with Crippen LogP contribution < -0.4 is 0 Å². The fourth-order valence-corrected chi connectivity index (χ4v) is 1.63. The summed E-state index contributed by atoms with van der Waals surface area (Å²) in [7, 11) is 0. The molecule has 0 N–H and O–H groups in total. The second-order valence-electron chi connectivity index (χ2n) is 3.20. The van der Waals surface area contributed by atoms with Crippen molar-refractivity contribution in [3.8, 4) is 17.2 Å². The molecule has 4 heteroatoms. The lowest BCUT2D eigenvalue weighted by Gasteiger charge is -2.05. The first kappa shape index (κ1) is 10.6. The van der Waals surface area contributed by atoms with E-state index in [4.69, 9.17) is 16.9 Å². The molecule has 3 nitrogen and oxygen atoms in total. The van der Waals surface area contributed by atoms with E-state index in [1.807, 2.05) is 18.2 Å². The minimum Gasteiger partial charge on any atom is -0.264 e. The van der Waals surface area contributed by atoms with Gasteiger partial charge in [-0.2, -0.15) is 5.26 Å². The van der Waals surface area contributed by atoms with Crippen molar-refractivity contribution >= 4 is 11.6 Å². The first-order chi connectivity index (χ1) is 7.81. The van der Waals surface area contributed by atoms with E-state index < -0.39 is 0 Å². The SMILES string of the molecule is N#CCc1nc(Cl)ccc1-c1cccnc1. The number of nitrogens with zero attached hydrogens (tertiary/aromatic N) is 3. The highest BCUT2D eigenvalue weighted by Crippen LogP contribution is 2.23. The van der Waals surface area contributed by atoms with Crippen molar-refractivity contribution in [1.29, 1.82) is 5.26 Å². The first-order valence-corrected chi connectivity index (χ1v) is 5.12. The molecule has 0 amide bonds. The second kappa shape index (κ2) is 4.73. The van der Waals surface area contributed by atoms with Crippen molar-refractivity contribution in [3.05, 3.63) is 47.5 Å². The Balaban J connectivity index is 2.53. The standard InChI is InChI=1S/C12H8ClN3/c13-12-4-3-10(11(16-12)5-6-14)9-2-1-7-15-8-9/h1-4,7-8H,5H2. The summed E-state index contributed by atoms with van der Waals surface area (Å²) in [5.41, 5.74) is 2.53. The van der Waals surface area contributed by atoms with Crippen LogP contribution in [-0.2, 0) is 6.42 Å². The molecule has 16 heavy (non-hydrogen) atoms. The number of hydrogen-bond donors (Lipinski definition) is 0. The molecule has 0 saturated heterocycles. The molecule has 0 aliphatic rings. The molecular formula is C12H8ClN3. The Labute approximate surface area is 98.4 Å². The van der Waals surface area contributed by atoms with Crippen LogP contribution in [0.5, 0.6) is 0 Å². The zero-order chi connectivity index (χ0) is 11.4. The van der Waals surface area contributed by atoms with Gasteiger partial charge in [0, 0.05) is 23.5 Å². The zero-order valence-corrected chi connectivity index (χ0v) is 9.15. The summed E-state index contributed by atoms with van der Waals surface area (Å²) in [6.07, 6.45) is 3.69. The van der Waals surface area contributed by atoms with Gasteiger partial charge < -0.3 is 0 Å². The third-order valence-electron chi connectivity index (χ3n) is 2.16. The van der Waals surface area contributed by atoms with Gasteiger partial charge >= 0.3 is 0 Å². The van der Waals surface area contributed by atoms with E-state index in [-0.39, 0.29) is 6.42 Å². The third kappa shape index (κ3) is 2.18. The van der Waals surface area contributed by atoms with Crippen molar-refractivity contribution < 1.29 is 0 Å². The molecule has 0 aliphatic carbocycles. The highest BCUT2D eigenvalue weighted by molar-refractivity contribution is 6.29. The van der Waals surface area contributed by atoms with Crippen LogP contribution in [0, 0.1) is 11.3 Å². The molecule has 0 fully saturated rings. The van der Waals surface area contributed by atoms with Gasteiger partial charge in [0.25, 0.3) is 0 Å². The molecule has 0 saturated carbocycles. The molecular weight excluding hydrogens is 222 g/mol. The van der Waals surface area contributed by atoms with E-state index in [2.05, 4.69) is 16.0 Å². The predicted molar refractivity (Wildman–Crippen MR) is 61.8 cm³/mol. The molecule has 2 aromatic rings. The van der Waals surface area contributed by atoms with Gasteiger partial charge in [0.2, 0.25) is 0 Å². The average molecular weight is 230 g/mol. The molecule has 2 rings (SSSR count). The maximum atomic E-state index is 8.73. The zero-order valence-electron chi connectivity index (χ0n) is 8.39. The van der Waals surface area contributed by atoms with Gasteiger partial charge in [-0.1, -0.05) is 17.7 Å². The Bertz CT molecular complexity index is 532. The van der Waals surface area contributed by atoms with E-state index in [9.17, 15) is 0 Å². The Morgan fingerprint density at radius 3 is 2.88 bits per heavy atom. The highest BCUT2D eigenvalue weighted by atomic mass is 35.5. The van der Waals surface area contributed by atoms with Crippen molar-refractivity contribution in [2.75, 3.05) is 0 Å². The van der Waals surface area contributed by atoms with E-state index >= 15 is 0 Å². The molecule has 0 aromatic carbocycles. The number of pyridine rings is 2. The molecule has 0 spiro atoms. The fourth-order valence-electron chi connectivity index (χ4n) is 1.47. The quantitative estimate of drug-likeness (QED) is 0.744. The Kier molecular flexibility index (Phi) is 3.13. The molecule has 0 unspecified atom stereocenters. The largest absolute Gasteiger partial charge is 0.264 e. The lowest BCUT2D eigenvalue weighted by Crippen LogP contribution is -1.93. The fraction of sp³-hybridized carbons (Fsp3) is 0.0833. The molecule has 78 valence electrons. The number of halogens is 1. The van der Waals surface area contributed by atoms with E-state index in [0.29, 0.717) is 10.8 Å². The van der Waals surface area contributed by atoms with Crippen molar-refractivity contribution in [2.24, 2.45) is 0 Å². The third-order valence-corrected chi connectivity index (χ3v) is 2.37. The Hall–Kier alpha value is -1.92. The maximum Gasteiger partial charge on any atom is 0.129 e. The van der Waals surface area contributed by atoms with Crippen LogP contribution in [0.1, 0.15) is 5.69 Å². The van der Waals surface area contributed by atoms with Crippen LogP contribution in [0.15, 0.2) is 36.7 Å². The number of nitriles is 1. The second-order valence-corrected chi connectivity index (χ2v) is 3.59. The summed E-state index contributed by atoms with van der Waals surface area (Å²) >= 11 is 5.80. The summed E-state index contributed by atoms with van der Waals surface area (Å²) < 4.78 is 0. The highest BCUT2D eigenvalue weighted by Gasteiger charge is 2.07. The maximum absolute atomic E-state index is 8.73. The van der Waals surface area contributed by atoms with Gasteiger partial charge in [-0.25, -0.2) is 4.98 Å². The lowest BCUT2D eigenvalue weighted by atomic mass is 10.0. The first-order valence-electron chi connectivity index (χ1n) is 4.74. The molecule has 0 atom stereocenters. The molecule has 2 aromatic heterocycles. The molecule has 2 heterocycles. The van der Waals surface area contributed by atoms with Crippen LogP contribution in [0.25, 0.3) is 11.1 Å². The van der Waals surface area contributed by atoms with Crippen molar-refractivity contribution in [3.63, 3.8) is 0 Å². The van der Waals surface area contributed by atoms with Crippen LogP contribution in [0.2, 0.25) is 5.15 Å². The van der Waals surface area contributed by atoms with Gasteiger partial charge in [0.1, 0.15) is 5.15 Å². The molecule has 0 radical (unpaired) electrons. The topological polar surface area (TPSA) is 49.6 Å². The summed E-state index contributed by atoms with van der Waals surface area (Å²) in [5.74, 6) is 0. The summed E-state index contributed by atoms with van der Waals surface area (Å²) in [6.45, 7) is 0. The van der Waals surface area contributed by atoms with Gasteiger partial charge in [-0.3, -0.25) is 4.98 Å². The predicted octanol–water partition coefficient (Wildman–Crippen LogP) is 2.86. The average Bonchev–Trinajstić information content (AvgIpc) is 2.31. The Morgan fingerprint density at radius 2 is 2.19 bits per heavy atom. The van der Waals surface area contributed by atoms with Crippen LogP contribution in [0.4, 0.5) is 0 Å². The van der Waals surface area contributed by atoms with Gasteiger partial charge in [-0.15, -0.1) is 0 Å². The molecule has 0 bridgehead atoms. The smallest absolute Gasteiger partial charge is 0.129 e. The van der Waals surface area contributed by atoms with E-state index in [1.54, 1.807) is 18.5 Å². The normalized spacial score (nSPS) is 9.75. The van der Waals surface area contributed by atoms with Crippen molar-refractivity contribution in [2.45, 2.75) is 6.42 Å². The van der Waals surface area contributed by atoms with Gasteiger partial charge in [0.15, 0.2) is 0 Å². The lowest BCUT2D eigenvalue weighted by molar-refractivity contribution is 1.12. The number of hydrogen-bond acceptors (Lipinski definition) is 3. The summed E-state index contributed by atoms with van der Waals surface area (Å²) in [5, 5.41) is 9.13. The summed E-state index contributed by atoms with van der Waals surface area (Å²) in [6, 6.07) is 9.43. The minimum atomic E-state index is 0.241.